The molecular formula is C13H23N3O2S. The molecule has 0 amide bonds. The lowest BCUT2D eigenvalue weighted by Crippen LogP contribution is -2.57. The highest BCUT2D eigenvalue weighted by atomic mass is 32.2. The van der Waals surface area contributed by atoms with Gasteiger partial charge >= 0.3 is 0 Å². The van der Waals surface area contributed by atoms with Crippen molar-refractivity contribution in [2.24, 2.45) is 0 Å². The molecule has 19 heavy (non-hydrogen) atoms. The third-order valence-corrected chi connectivity index (χ3v) is 6.40. The molecule has 0 bridgehead atoms. The Morgan fingerprint density at radius 1 is 1.47 bits per heavy atom. The summed E-state index contributed by atoms with van der Waals surface area (Å²) in [5, 5.41) is 12.5. The zero-order valence-electron chi connectivity index (χ0n) is 11.7. The minimum Gasteiger partial charge on any atom is -0.302 e. The number of nitriles is 1. The molecule has 1 saturated carbocycles. The van der Waals surface area contributed by atoms with Crippen LogP contribution in [0.5, 0.6) is 0 Å². The first kappa shape index (κ1) is 14.8. The van der Waals surface area contributed by atoms with Crippen molar-refractivity contribution in [1.82, 2.24) is 10.2 Å². The summed E-state index contributed by atoms with van der Waals surface area (Å²) < 4.78 is 23.3. The molecule has 1 heterocycles. The lowest BCUT2D eigenvalue weighted by atomic mass is 9.79. The molecule has 1 aliphatic heterocycles. The zero-order valence-corrected chi connectivity index (χ0v) is 12.5. The molecule has 6 heteroatoms. The van der Waals surface area contributed by atoms with Gasteiger partial charge in [0.1, 0.15) is 5.54 Å². The second kappa shape index (κ2) is 5.39. The van der Waals surface area contributed by atoms with Crippen LogP contribution >= 0.6 is 0 Å². The maximum absolute atomic E-state index is 11.6. The molecule has 108 valence electrons. The molecule has 3 unspecified atom stereocenters. The van der Waals surface area contributed by atoms with E-state index in [0.717, 1.165) is 25.7 Å². The molecule has 1 saturated heterocycles. The Bertz CT molecular complexity index is 471. The maximum Gasteiger partial charge on any atom is 0.153 e. The van der Waals surface area contributed by atoms with Crippen molar-refractivity contribution >= 4 is 9.84 Å². The predicted molar refractivity (Wildman–Crippen MR) is 74.5 cm³/mol. The molecule has 0 aromatic carbocycles. The van der Waals surface area contributed by atoms with E-state index in [-0.39, 0.29) is 17.5 Å². The SMILES string of the molecule is CNC1(C#N)CCCC(N2CCS(=O)(=O)CC2C)C1. The van der Waals surface area contributed by atoms with E-state index in [4.69, 9.17) is 0 Å². The normalized spacial score (nSPS) is 39.6. The summed E-state index contributed by atoms with van der Waals surface area (Å²) in [5.41, 5.74) is -0.432. The van der Waals surface area contributed by atoms with E-state index in [1.807, 2.05) is 14.0 Å². The maximum atomic E-state index is 11.6. The summed E-state index contributed by atoms with van der Waals surface area (Å²) in [6.07, 6.45) is 3.77. The van der Waals surface area contributed by atoms with Gasteiger partial charge in [0.2, 0.25) is 0 Å². The van der Waals surface area contributed by atoms with Crippen LogP contribution < -0.4 is 5.32 Å². The second-order valence-electron chi connectivity index (χ2n) is 5.90. The number of sulfone groups is 1. The summed E-state index contributed by atoms with van der Waals surface area (Å²) in [5.74, 6) is 0.509. The Kier molecular flexibility index (Phi) is 4.19. The fraction of sp³-hybridized carbons (Fsp3) is 0.923. The Morgan fingerprint density at radius 2 is 2.21 bits per heavy atom. The quantitative estimate of drug-likeness (QED) is 0.801. The molecule has 0 aromatic heterocycles. The van der Waals surface area contributed by atoms with E-state index >= 15 is 0 Å². The predicted octanol–water partition coefficient (Wildman–Crippen LogP) is 0.530. The molecule has 2 rings (SSSR count). The fourth-order valence-electron chi connectivity index (χ4n) is 3.47. The van der Waals surface area contributed by atoms with Crippen LogP contribution in [0.15, 0.2) is 0 Å². The molecule has 3 atom stereocenters. The van der Waals surface area contributed by atoms with Gasteiger partial charge in [-0.3, -0.25) is 4.90 Å². The van der Waals surface area contributed by atoms with Crippen molar-refractivity contribution in [3.05, 3.63) is 0 Å². The first-order chi connectivity index (χ1) is 8.91. The average molecular weight is 285 g/mol. The molecule has 1 N–H and O–H groups in total. The molecule has 0 radical (unpaired) electrons. The lowest BCUT2D eigenvalue weighted by molar-refractivity contribution is 0.0974. The van der Waals surface area contributed by atoms with Crippen LogP contribution in [0.4, 0.5) is 0 Å². The minimum absolute atomic E-state index is 0.0649. The Hall–Kier alpha value is -0.640. The number of hydrogen-bond donors (Lipinski definition) is 1. The van der Waals surface area contributed by atoms with Crippen molar-refractivity contribution in [3.63, 3.8) is 0 Å². The number of nitrogens with zero attached hydrogens (tertiary/aromatic N) is 2. The Morgan fingerprint density at radius 3 is 2.79 bits per heavy atom. The molecular weight excluding hydrogens is 262 g/mol. The number of nitrogens with one attached hydrogen (secondary N) is 1. The zero-order chi connectivity index (χ0) is 14.1. The van der Waals surface area contributed by atoms with Crippen LogP contribution in [-0.2, 0) is 9.84 Å². The number of hydrogen-bond acceptors (Lipinski definition) is 5. The van der Waals surface area contributed by atoms with E-state index in [2.05, 4.69) is 16.3 Å². The fourth-order valence-corrected chi connectivity index (χ4v) is 5.05. The van der Waals surface area contributed by atoms with Gasteiger partial charge in [-0.05, 0) is 39.7 Å². The van der Waals surface area contributed by atoms with Gasteiger partial charge in [0, 0.05) is 18.6 Å². The van der Waals surface area contributed by atoms with Crippen molar-refractivity contribution in [1.29, 1.82) is 5.26 Å². The van der Waals surface area contributed by atoms with E-state index in [1.165, 1.54) is 0 Å². The van der Waals surface area contributed by atoms with Gasteiger partial charge in [-0.1, -0.05) is 0 Å². The van der Waals surface area contributed by atoms with Gasteiger partial charge in [-0.2, -0.15) is 5.26 Å². The standard InChI is InChI=1S/C13H23N3O2S/c1-11-9-19(17,18)7-6-16(11)12-4-3-5-13(8-12,10-14)15-2/h11-12,15H,3-9H2,1-2H3. The molecule has 0 aromatic rings. The highest BCUT2D eigenvalue weighted by Crippen LogP contribution is 2.32. The monoisotopic (exact) mass is 285 g/mol. The topological polar surface area (TPSA) is 73.2 Å². The van der Waals surface area contributed by atoms with Gasteiger partial charge < -0.3 is 5.32 Å². The first-order valence-electron chi connectivity index (χ1n) is 6.98. The summed E-state index contributed by atoms with van der Waals surface area (Å²) in [4.78, 5) is 2.30. The van der Waals surface area contributed by atoms with Crippen molar-refractivity contribution in [3.8, 4) is 6.07 Å². The Labute approximate surface area is 115 Å². The third kappa shape index (κ3) is 3.10. The molecule has 0 spiro atoms. The van der Waals surface area contributed by atoms with Crippen LogP contribution in [0.3, 0.4) is 0 Å². The summed E-state index contributed by atoms with van der Waals surface area (Å²) in [6.45, 7) is 2.60. The molecule has 1 aliphatic carbocycles. The van der Waals surface area contributed by atoms with Gasteiger partial charge in [0.15, 0.2) is 9.84 Å². The average Bonchev–Trinajstić information content (AvgIpc) is 2.37. The summed E-state index contributed by atoms with van der Waals surface area (Å²) in [6, 6.07) is 2.80. The third-order valence-electron chi connectivity index (χ3n) is 4.61. The van der Waals surface area contributed by atoms with Crippen molar-refractivity contribution < 1.29 is 8.42 Å². The Balaban J connectivity index is 2.08. The van der Waals surface area contributed by atoms with E-state index in [9.17, 15) is 13.7 Å². The van der Waals surface area contributed by atoms with Crippen molar-refractivity contribution in [2.75, 3.05) is 25.1 Å². The van der Waals surface area contributed by atoms with Gasteiger partial charge in [0.05, 0.1) is 17.6 Å². The van der Waals surface area contributed by atoms with E-state index < -0.39 is 15.4 Å². The van der Waals surface area contributed by atoms with Gasteiger partial charge in [0.25, 0.3) is 0 Å². The summed E-state index contributed by atoms with van der Waals surface area (Å²) in [7, 11) is -1.02. The van der Waals surface area contributed by atoms with Crippen LogP contribution in [0.2, 0.25) is 0 Å². The molecule has 2 aliphatic rings. The minimum atomic E-state index is -2.87. The van der Waals surface area contributed by atoms with Crippen LogP contribution in [0.25, 0.3) is 0 Å². The van der Waals surface area contributed by atoms with Crippen LogP contribution in [-0.4, -0.2) is 56.0 Å². The molecule has 2 fully saturated rings. The number of rotatable bonds is 2. The van der Waals surface area contributed by atoms with E-state index in [0.29, 0.717) is 12.6 Å². The highest BCUT2D eigenvalue weighted by Gasteiger charge is 2.40. The van der Waals surface area contributed by atoms with Gasteiger partial charge in [-0.25, -0.2) is 8.42 Å². The van der Waals surface area contributed by atoms with E-state index in [1.54, 1.807) is 0 Å². The first-order valence-corrected chi connectivity index (χ1v) is 8.80. The lowest BCUT2D eigenvalue weighted by Gasteiger charge is -2.45. The smallest absolute Gasteiger partial charge is 0.153 e. The second-order valence-corrected chi connectivity index (χ2v) is 8.12. The van der Waals surface area contributed by atoms with Crippen molar-refractivity contribution in [2.45, 2.75) is 50.2 Å². The highest BCUT2D eigenvalue weighted by molar-refractivity contribution is 7.91. The largest absolute Gasteiger partial charge is 0.302 e. The van der Waals surface area contributed by atoms with Crippen LogP contribution in [0, 0.1) is 11.3 Å². The van der Waals surface area contributed by atoms with Gasteiger partial charge in [-0.15, -0.1) is 0 Å². The summed E-state index contributed by atoms with van der Waals surface area (Å²) >= 11 is 0. The molecule has 5 nitrogen and oxygen atoms in total. The van der Waals surface area contributed by atoms with Crippen LogP contribution in [0.1, 0.15) is 32.6 Å².